The maximum absolute atomic E-state index is 13.6. The Morgan fingerprint density at radius 3 is 2.94 bits per heavy atom. The van der Waals surface area contributed by atoms with Crippen LogP contribution in [0.15, 0.2) is 41.8 Å². The molecular weight excluding hydrogens is 241 g/mol. The van der Waals surface area contributed by atoms with Crippen molar-refractivity contribution in [2.75, 3.05) is 5.75 Å². The molecule has 0 saturated heterocycles. The normalized spacial score (nSPS) is 10.4. The van der Waals surface area contributed by atoms with Gasteiger partial charge in [0.1, 0.15) is 5.82 Å². The molecular formula is C11H10FN3OS. The predicted octanol–water partition coefficient (Wildman–Crippen LogP) is 1.59. The summed E-state index contributed by atoms with van der Waals surface area (Å²) in [6.45, 7) is 0. The molecule has 0 bridgehead atoms. The second kappa shape index (κ2) is 5.01. The molecule has 0 aliphatic carbocycles. The second-order valence-corrected chi connectivity index (χ2v) is 4.23. The van der Waals surface area contributed by atoms with Crippen LogP contribution in [0.25, 0.3) is 5.69 Å². The van der Waals surface area contributed by atoms with Gasteiger partial charge in [-0.3, -0.25) is 9.36 Å². The summed E-state index contributed by atoms with van der Waals surface area (Å²) < 4.78 is 15.2. The van der Waals surface area contributed by atoms with Crippen molar-refractivity contribution < 1.29 is 9.18 Å². The third-order valence-corrected chi connectivity index (χ3v) is 3.05. The quantitative estimate of drug-likeness (QED) is 0.839. The number of aromatic nitrogens is 2. The van der Waals surface area contributed by atoms with Gasteiger partial charge in [-0.1, -0.05) is 23.9 Å². The number of hydrogen-bond acceptors (Lipinski definition) is 3. The lowest BCUT2D eigenvalue weighted by atomic mass is 10.3. The van der Waals surface area contributed by atoms with Crippen molar-refractivity contribution >= 4 is 17.7 Å². The van der Waals surface area contributed by atoms with Gasteiger partial charge in [0, 0.05) is 12.4 Å². The van der Waals surface area contributed by atoms with Gasteiger partial charge >= 0.3 is 0 Å². The van der Waals surface area contributed by atoms with Crippen LogP contribution >= 0.6 is 11.8 Å². The highest BCUT2D eigenvalue weighted by molar-refractivity contribution is 7.99. The molecule has 0 fully saturated rings. The van der Waals surface area contributed by atoms with E-state index in [0.717, 1.165) is 0 Å². The van der Waals surface area contributed by atoms with Crippen LogP contribution in [0.4, 0.5) is 4.39 Å². The van der Waals surface area contributed by atoms with Crippen molar-refractivity contribution in [3.8, 4) is 5.69 Å². The van der Waals surface area contributed by atoms with Crippen LogP contribution in [0.5, 0.6) is 0 Å². The summed E-state index contributed by atoms with van der Waals surface area (Å²) in [6.07, 6.45) is 3.19. The van der Waals surface area contributed by atoms with E-state index in [-0.39, 0.29) is 11.6 Å². The number of imidazole rings is 1. The first-order valence-electron chi connectivity index (χ1n) is 4.88. The van der Waals surface area contributed by atoms with Crippen LogP contribution in [0.3, 0.4) is 0 Å². The van der Waals surface area contributed by atoms with Gasteiger partial charge in [-0.05, 0) is 12.1 Å². The highest BCUT2D eigenvalue weighted by Crippen LogP contribution is 2.21. The lowest BCUT2D eigenvalue weighted by Crippen LogP contribution is -2.13. The maximum Gasteiger partial charge on any atom is 0.227 e. The van der Waals surface area contributed by atoms with Gasteiger partial charge in [0.05, 0.1) is 11.4 Å². The van der Waals surface area contributed by atoms with E-state index in [4.69, 9.17) is 5.73 Å². The number of carbonyl (C=O) groups is 1. The van der Waals surface area contributed by atoms with Gasteiger partial charge in [0.15, 0.2) is 5.16 Å². The Bertz CT molecular complexity index is 541. The Morgan fingerprint density at radius 1 is 1.47 bits per heavy atom. The molecule has 4 nitrogen and oxygen atoms in total. The number of nitrogens with zero attached hydrogens (tertiary/aromatic N) is 2. The number of hydrogen-bond donors (Lipinski definition) is 1. The molecule has 17 heavy (non-hydrogen) atoms. The molecule has 1 aromatic heterocycles. The first-order valence-corrected chi connectivity index (χ1v) is 5.86. The highest BCUT2D eigenvalue weighted by Gasteiger charge is 2.10. The van der Waals surface area contributed by atoms with Crippen LogP contribution < -0.4 is 5.73 Å². The molecule has 2 aromatic rings. The molecule has 0 unspecified atom stereocenters. The SMILES string of the molecule is NC(=O)CSc1nccn1-c1ccccc1F. The van der Waals surface area contributed by atoms with Crippen molar-refractivity contribution in [1.29, 1.82) is 0 Å². The molecule has 0 radical (unpaired) electrons. The lowest BCUT2D eigenvalue weighted by Gasteiger charge is -2.07. The Kier molecular flexibility index (Phi) is 3.43. The summed E-state index contributed by atoms with van der Waals surface area (Å²) in [6, 6.07) is 6.37. The number of rotatable bonds is 4. The zero-order valence-corrected chi connectivity index (χ0v) is 9.65. The fraction of sp³-hybridized carbons (Fsp3) is 0.0909. The van der Waals surface area contributed by atoms with Crippen LogP contribution in [0.2, 0.25) is 0 Å². The Hall–Kier alpha value is -1.82. The van der Waals surface area contributed by atoms with E-state index in [9.17, 15) is 9.18 Å². The largest absolute Gasteiger partial charge is 0.369 e. The van der Waals surface area contributed by atoms with Gasteiger partial charge in [-0.25, -0.2) is 9.37 Å². The van der Waals surface area contributed by atoms with Crippen molar-refractivity contribution in [1.82, 2.24) is 9.55 Å². The first-order chi connectivity index (χ1) is 8.18. The minimum Gasteiger partial charge on any atom is -0.369 e. The highest BCUT2D eigenvalue weighted by atomic mass is 32.2. The Labute approximate surface area is 102 Å². The average Bonchev–Trinajstić information content (AvgIpc) is 2.75. The number of halogens is 1. The molecule has 1 amide bonds. The molecule has 88 valence electrons. The molecule has 2 N–H and O–H groups in total. The molecule has 0 spiro atoms. The predicted molar refractivity (Wildman–Crippen MR) is 63.4 cm³/mol. The van der Waals surface area contributed by atoms with E-state index in [1.165, 1.54) is 17.8 Å². The standard InChI is InChI=1S/C11H10FN3OS/c12-8-3-1-2-4-9(8)15-6-5-14-11(15)17-7-10(13)16/h1-6H,7H2,(H2,13,16). The first kappa shape index (κ1) is 11.7. The number of nitrogens with two attached hydrogens (primary N) is 1. The van der Waals surface area contributed by atoms with E-state index in [1.807, 2.05) is 0 Å². The number of amides is 1. The average molecular weight is 251 g/mol. The van der Waals surface area contributed by atoms with Crippen molar-refractivity contribution in [2.24, 2.45) is 5.73 Å². The van der Waals surface area contributed by atoms with Gasteiger partial charge in [-0.15, -0.1) is 0 Å². The smallest absolute Gasteiger partial charge is 0.227 e. The third-order valence-electron chi connectivity index (χ3n) is 2.06. The molecule has 1 heterocycles. The molecule has 0 atom stereocenters. The molecule has 2 rings (SSSR count). The van der Waals surface area contributed by atoms with Crippen molar-refractivity contribution in [3.05, 3.63) is 42.5 Å². The number of benzene rings is 1. The van der Waals surface area contributed by atoms with E-state index in [0.29, 0.717) is 10.8 Å². The third kappa shape index (κ3) is 2.65. The van der Waals surface area contributed by atoms with Crippen molar-refractivity contribution in [3.63, 3.8) is 0 Å². The van der Waals surface area contributed by atoms with Crippen molar-refractivity contribution in [2.45, 2.75) is 5.16 Å². The summed E-state index contributed by atoms with van der Waals surface area (Å²) in [4.78, 5) is 14.8. The summed E-state index contributed by atoms with van der Waals surface area (Å²) in [5.74, 6) is -0.657. The molecule has 1 aromatic carbocycles. The second-order valence-electron chi connectivity index (χ2n) is 3.29. The summed E-state index contributed by atoms with van der Waals surface area (Å²) in [5, 5.41) is 0.536. The van der Waals surface area contributed by atoms with Gasteiger partial charge < -0.3 is 5.73 Å². The zero-order chi connectivity index (χ0) is 12.3. The number of para-hydroxylation sites is 1. The van der Waals surface area contributed by atoms with Gasteiger partial charge in [-0.2, -0.15) is 0 Å². The molecule has 6 heteroatoms. The van der Waals surface area contributed by atoms with Crippen LogP contribution in [-0.4, -0.2) is 21.2 Å². The van der Waals surface area contributed by atoms with E-state index < -0.39 is 5.91 Å². The topological polar surface area (TPSA) is 60.9 Å². The van der Waals surface area contributed by atoms with Crippen LogP contribution in [-0.2, 0) is 4.79 Å². The van der Waals surface area contributed by atoms with Crippen LogP contribution in [0.1, 0.15) is 0 Å². The Morgan fingerprint density at radius 2 is 2.24 bits per heavy atom. The minimum absolute atomic E-state index is 0.117. The number of primary amides is 1. The van der Waals surface area contributed by atoms with E-state index in [2.05, 4.69) is 4.98 Å². The van der Waals surface area contributed by atoms with Gasteiger partial charge in [0.2, 0.25) is 5.91 Å². The van der Waals surface area contributed by atoms with Crippen LogP contribution in [0, 0.1) is 5.82 Å². The minimum atomic E-state index is -0.432. The molecule has 0 aliphatic heterocycles. The van der Waals surface area contributed by atoms with Gasteiger partial charge in [0.25, 0.3) is 0 Å². The fourth-order valence-electron chi connectivity index (χ4n) is 1.36. The monoisotopic (exact) mass is 251 g/mol. The van der Waals surface area contributed by atoms with E-state index >= 15 is 0 Å². The fourth-order valence-corrected chi connectivity index (χ4v) is 2.07. The summed E-state index contributed by atoms with van der Waals surface area (Å²) >= 11 is 1.18. The molecule has 0 saturated carbocycles. The lowest BCUT2D eigenvalue weighted by molar-refractivity contribution is -0.115. The number of carbonyl (C=O) groups excluding carboxylic acids is 1. The number of thioether (sulfide) groups is 1. The Balaban J connectivity index is 2.31. The zero-order valence-electron chi connectivity index (χ0n) is 8.84. The summed E-state index contributed by atoms with van der Waals surface area (Å²) in [7, 11) is 0. The van der Waals surface area contributed by atoms with E-state index in [1.54, 1.807) is 35.2 Å². The maximum atomic E-state index is 13.6. The summed E-state index contributed by atoms with van der Waals surface area (Å²) in [5.41, 5.74) is 5.46. The molecule has 0 aliphatic rings.